The number of fused-ring (bicyclic) bond motifs is 1. The molecular formula is C24H25N3O2. The van der Waals surface area contributed by atoms with Crippen LogP contribution in [0, 0.1) is 0 Å². The molecule has 0 saturated heterocycles. The van der Waals surface area contributed by atoms with Crippen molar-refractivity contribution in [1.29, 1.82) is 0 Å². The van der Waals surface area contributed by atoms with Crippen LogP contribution in [0.25, 0.3) is 0 Å². The summed E-state index contributed by atoms with van der Waals surface area (Å²) in [7, 11) is 1.43. The number of aryl methyl sites for hydroxylation is 1. The molecule has 0 spiro atoms. The van der Waals surface area contributed by atoms with E-state index in [9.17, 15) is 4.79 Å². The maximum atomic E-state index is 12.7. The zero-order valence-corrected chi connectivity index (χ0v) is 16.6. The zero-order chi connectivity index (χ0) is 20.1. The number of benzene rings is 2. The molecule has 2 unspecified atom stereocenters. The number of ether oxygens (including phenoxy) is 1. The Kier molecular flexibility index (Phi) is 5.84. The molecular weight excluding hydrogens is 362 g/mol. The maximum absolute atomic E-state index is 12.7. The monoisotopic (exact) mass is 387 g/mol. The van der Waals surface area contributed by atoms with Gasteiger partial charge >= 0.3 is 5.97 Å². The van der Waals surface area contributed by atoms with E-state index in [1.165, 1.54) is 12.8 Å². The van der Waals surface area contributed by atoms with E-state index in [1.54, 1.807) is 0 Å². The molecule has 29 heavy (non-hydrogen) atoms. The second-order valence-corrected chi connectivity index (χ2v) is 7.30. The average molecular weight is 387 g/mol. The van der Waals surface area contributed by atoms with E-state index in [2.05, 4.69) is 15.8 Å². The van der Waals surface area contributed by atoms with Gasteiger partial charge in [0.05, 0.1) is 18.9 Å². The van der Waals surface area contributed by atoms with Crippen LogP contribution in [0.2, 0.25) is 0 Å². The average Bonchev–Trinajstić information content (AvgIpc) is 3.27. The Labute approximate surface area is 171 Å². The normalized spacial score (nSPS) is 16.5. The molecule has 2 heterocycles. The number of hydrogen-bond acceptors (Lipinski definition) is 4. The first-order valence-corrected chi connectivity index (χ1v) is 10.0. The van der Waals surface area contributed by atoms with E-state index < -0.39 is 6.04 Å². The molecule has 0 fully saturated rings. The third-order valence-electron chi connectivity index (χ3n) is 5.42. The molecule has 0 radical (unpaired) electrons. The van der Waals surface area contributed by atoms with Crippen molar-refractivity contribution in [3.8, 4) is 0 Å². The van der Waals surface area contributed by atoms with Gasteiger partial charge < -0.3 is 4.74 Å². The minimum atomic E-state index is -0.587. The first-order chi connectivity index (χ1) is 14.3. The van der Waals surface area contributed by atoms with Crippen LogP contribution in [-0.2, 0) is 16.0 Å². The summed E-state index contributed by atoms with van der Waals surface area (Å²) in [5.41, 5.74) is 3.99. The predicted molar refractivity (Wildman–Crippen MR) is 113 cm³/mol. The third kappa shape index (κ3) is 4.29. The number of aromatic nitrogens is 2. The molecule has 1 aliphatic rings. The van der Waals surface area contributed by atoms with Crippen molar-refractivity contribution in [2.45, 2.75) is 37.8 Å². The van der Waals surface area contributed by atoms with Crippen molar-refractivity contribution in [3.63, 3.8) is 0 Å². The Hall–Kier alpha value is -3.21. The summed E-state index contributed by atoms with van der Waals surface area (Å²) in [6, 6.07) is 21.6. The third-order valence-corrected chi connectivity index (χ3v) is 5.42. The van der Waals surface area contributed by atoms with Crippen LogP contribution in [0.1, 0.15) is 42.1 Å². The number of aliphatic imine (C=N–C) groups is 1. The van der Waals surface area contributed by atoms with Gasteiger partial charge in [0.1, 0.15) is 6.04 Å². The van der Waals surface area contributed by atoms with Crippen molar-refractivity contribution in [2.75, 3.05) is 7.11 Å². The minimum Gasteiger partial charge on any atom is -0.467 e. The number of carbonyl (C=O) groups is 1. The first-order valence-electron chi connectivity index (χ1n) is 10.0. The van der Waals surface area contributed by atoms with Crippen molar-refractivity contribution in [3.05, 3.63) is 89.7 Å². The Morgan fingerprint density at radius 1 is 1.10 bits per heavy atom. The van der Waals surface area contributed by atoms with Crippen LogP contribution in [-0.4, -0.2) is 34.6 Å². The van der Waals surface area contributed by atoms with E-state index in [-0.39, 0.29) is 12.0 Å². The SMILES string of the molecule is COC(=O)C(CC1CCCc2ccnn21)N=C(c1ccccc1)c1ccccc1. The second-order valence-electron chi connectivity index (χ2n) is 7.30. The summed E-state index contributed by atoms with van der Waals surface area (Å²) in [6.45, 7) is 0. The van der Waals surface area contributed by atoms with Crippen molar-refractivity contribution in [2.24, 2.45) is 4.99 Å². The molecule has 0 amide bonds. The lowest BCUT2D eigenvalue weighted by Gasteiger charge is -2.26. The van der Waals surface area contributed by atoms with Gasteiger partial charge in [0.2, 0.25) is 0 Å². The van der Waals surface area contributed by atoms with Gasteiger partial charge in [-0.15, -0.1) is 0 Å². The van der Waals surface area contributed by atoms with E-state index >= 15 is 0 Å². The van der Waals surface area contributed by atoms with Crippen LogP contribution in [0.4, 0.5) is 0 Å². The summed E-state index contributed by atoms with van der Waals surface area (Å²) in [4.78, 5) is 17.6. The van der Waals surface area contributed by atoms with Crippen LogP contribution in [0.3, 0.4) is 0 Å². The standard InChI is InChI=1S/C24H25N3O2/c1-29-24(28)22(17-21-14-8-13-20-15-16-25-27(20)21)26-23(18-9-4-2-5-10-18)19-11-6-3-7-12-19/h2-7,9-12,15-16,21-22H,8,13-14,17H2,1H3. The Bertz CT molecular complexity index is 938. The topological polar surface area (TPSA) is 56.5 Å². The molecule has 0 saturated carbocycles. The van der Waals surface area contributed by atoms with Gasteiger partial charge in [-0.3, -0.25) is 9.67 Å². The van der Waals surface area contributed by atoms with Gasteiger partial charge in [-0.25, -0.2) is 4.79 Å². The highest BCUT2D eigenvalue weighted by Crippen LogP contribution is 2.29. The summed E-state index contributed by atoms with van der Waals surface area (Å²) >= 11 is 0. The Morgan fingerprint density at radius 3 is 2.38 bits per heavy atom. The first kappa shape index (κ1) is 19.1. The molecule has 3 aromatic rings. The highest BCUT2D eigenvalue weighted by atomic mass is 16.5. The molecule has 148 valence electrons. The van der Waals surface area contributed by atoms with E-state index in [0.717, 1.165) is 36.1 Å². The fourth-order valence-corrected chi connectivity index (χ4v) is 3.99. The zero-order valence-electron chi connectivity index (χ0n) is 16.6. The fraction of sp³-hybridized carbons (Fsp3) is 0.292. The number of hydrogen-bond donors (Lipinski definition) is 0. The Balaban J connectivity index is 1.72. The smallest absolute Gasteiger partial charge is 0.330 e. The van der Waals surface area contributed by atoms with Crippen LogP contribution < -0.4 is 0 Å². The highest BCUT2D eigenvalue weighted by molar-refractivity contribution is 6.13. The van der Waals surface area contributed by atoms with Crippen LogP contribution in [0.5, 0.6) is 0 Å². The summed E-state index contributed by atoms with van der Waals surface area (Å²) in [5, 5.41) is 4.49. The van der Waals surface area contributed by atoms with Crippen molar-refractivity contribution >= 4 is 11.7 Å². The van der Waals surface area contributed by atoms with E-state index in [0.29, 0.717) is 6.42 Å². The number of methoxy groups -OCH3 is 1. The predicted octanol–water partition coefficient (Wildman–Crippen LogP) is 4.23. The quantitative estimate of drug-likeness (QED) is 0.470. The molecule has 0 bridgehead atoms. The van der Waals surface area contributed by atoms with Crippen molar-refractivity contribution in [1.82, 2.24) is 9.78 Å². The lowest BCUT2D eigenvalue weighted by molar-refractivity contribution is -0.142. The maximum Gasteiger partial charge on any atom is 0.330 e. The largest absolute Gasteiger partial charge is 0.467 e. The molecule has 5 nitrogen and oxygen atoms in total. The van der Waals surface area contributed by atoms with Gasteiger partial charge in [0.25, 0.3) is 0 Å². The molecule has 1 aromatic heterocycles. The summed E-state index contributed by atoms with van der Waals surface area (Å²) in [6.07, 6.45) is 5.53. The molecule has 1 aliphatic heterocycles. The molecule has 0 N–H and O–H groups in total. The Morgan fingerprint density at radius 2 is 1.76 bits per heavy atom. The van der Waals surface area contributed by atoms with Gasteiger partial charge in [0, 0.05) is 29.4 Å². The fourth-order valence-electron chi connectivity index (χ4n) is 3.99. The van der Waals surface area contributed by atoms with Gasteiger partial charge in [-0.05, 0) is 25.3 Å². The van der Waals surface area contributed by atoms with Crippen molar-refractivity contribution < 1.29 is 9.53 Å². The minimum absolute atomic E-state index is 0.148. The van der Waals surface area contributed by atoms with Crippen LogP contribution in [0.15, 0.2) is 77.9 Å². The summed E-state index contributed by atoms with van der Waals surface area (Å²) < 4.78 is 7.18. The van der Waals surface area contributed by atoms with E-state index in [4.69, 9.17) is 9.73 Å². The molecule has 5 heteroatoms. The summed E-state index contributed by atoms with van der Waals surface area (Å²) in [5.74, 6) is -0.311. The lowest BCUT2D eigenvalue weighted by atomic mass is 9.96. The number of esters is 1. The molecule has 0 aliphatic carbocycles. The number of carbonyl (C=O) groups excluding carboxylic acids is 1. The highest BCUT2D eigenvalue weighted by Gasteiger charge is 2.28. The van der Waals surface area contributed by atoms with E-state index in [1.807, 2.05) is 66.9 Å². The number of nitrogens with zero attached hydrogens (tertiary/aromatic N) is 3. The van der Waals surface area contributed by atoms with Gasteiger partial charge in [0.15, 0.2) is 0 Å². The molecule has 2 aromatic carbocycles. The molecule has 4 rings (SSSR count). The lowest BCUT2D eigenvalue weighted by Crippen LogP contribution is -2.29. The molecule has 2 atom stereocenters. The van der Waals surface area contributed by atoms with Crippen LogP contribution >= 0.6 is 0 Å². The second kappa shape index (κ2) is 8.86. The number of rotatable bonds is 6. The van der Waals surface area contributed by atoms with Gasteiger partial charge in [-0.1, -0.05) is 60.7 Å². The van der Waals surface area contributed by atoms with Gasteiger partial charge in [-0.2, -0.15) is 5.10 Å².